The first-order valence-corrected chi connectivity index (χ1v) is 17.9. The van der Waals surface area contributed by atoms with Gasteiger partial charge in [0.05, 0.1) is 37.5 Å². The van der Waals surface area contributed by atoms with E-state index in [2.05, 4.69) is 33.1 Å². The lowest BCUT2D eigenvalue weighted by molar-refractivity contribution is -0.123. The van der Waals surface area contributed by atoms with E-state index in [0.29, 0.717) is 51.0 Å². The standard InChI is InChI=1S/C36H45N5O6S/c42-32(13-6-5-12-31-35-29(25-48-31)39-36(45)40-35)38-19-23-47-21-7-20-46-22-17-33(43)37-18-16-34(44)41-24-28-10-2-1-8-26(28)14-15-27-9-3-4-11-30(27)41/h1-4,8-11,29,31,35H,5-7,12-13,16-25H2,(H,37,43)(H,38,42)(H2,39,40,45)/t29-,31+,35-/m0/s1. The molecule has 3 aliphatic heterocycles. The number of ether oxygens (including phenoxy) is 2. The lowest BCUT2D eigenvalue weighted by atomic mass is 10.0. The number of benzene rings is 2. The Morgan fingerprint density at radius 1 is 0.812 bits per heavy atom. The lowest BCUT2D eigenvalue weighted by Gasteiger charge is -2.26. The van der Waals surface area contributed by atoms with Gasteiger partial charge in [-0.05, 0) is 43.0 Å². The Kier molecular flexibility index (Phi) is 13.6. The van der Waals surface area contributed by atoms with Gasteiger partial charge < -0.3 is 35.6 Å². The maximum Gasteiger partial charge on any atom is 0.315 e. The minimum Gasteiger partial charge on any atom is -0.381 e. The van der Waals surface area contributed by atoms with E-state index in [1.165, 1.54) is 0 Å². The van der Waals surface area contributed by atoms with Gasteiger partial charge in [0.1, 0.15) is 0 Å². The van der Waals surface area contributed by atoms with Crippen LogP contribution in [0, 0.1) is 11.8 Å². The van der Waals surface area contributed by atoms with Crippen molar-refractivity contribution >= 4 is 41.2 Å². The summed E-state index contributed by atoms with van der Waals surface area (Å²) in [5.41, 5.74) is 3.47. The van der Waals surface area contributed by atoms with Crippen LogP contribution in [0.2, 0.25) is 0 Å². The van der Waals surface area contributed by atoms with E-state index in [9.17, 15) is 19.2 Å². The molecule has 0 unspecified atom stereocenters. The molecule has 0 saturated carbocycles. The number of carbonyl (C=O) groups is 4. The van der Waals surface area contributed by atoms with Crippen molar-refractivity contribution in [2.24, 2.45) is 0 Å². The van der Waals surface area contributed by atoms with Crippen molar-refractivity contribution in [1.82, 2.24) is 21.3 Å². The van der Waals surface area contributed by atoms with E-state index in [4.69, 9.17) is 9.47 Å². The number of fused-ring (bicyclic) bond motifs is 3. The average molecular weight is 676 g/mol. The number of nitrogens with zero attached hydrogens (tertiary/aromatic N) is 1. The Bertz CT molecular complexity index is 1490. The second-order valence-electron chi connectivity index (χ2n) is 12.1. The van der Waals surface area contributed by atoms with Gasteiger partial charge in [-0.3, -0.25) is 14.4 Å². The van der Waals surface area contributed by atoms with E-state index >= 15 is 0 Å². The van der Waals surface area contributed by atoms with Crippen molar-refractivity contribution in [3.63, 3.8) is 0 Å². The Hall–Kier alpha value is -4.05. The molecule has 12 heteroatoms. The van der Waals surface area contributed by atoms with Gasteiger partial charge in [0.25, 0.3) is 0 Å². The van der Waals surface area contributed by atoms with Crippen LogP contribution >= 0.6 is 11.8 Å². The van der Waals surface area contributed by atoms with Crippen LogP contribution in [0.1, 0.15) is 61.6 Å². The number of thioether (sulfide) groups is 1. The van der Waals surface area contributed by atoms with E-state index < -0.39 is 0 Å². The Labute approximate surface area is 286 Å². The molecular formula is C36H45N5O6S. The fourth-order valence-electron chi connectivity index (χ4n) is 6.00. The van der Waals surface area contributed by atoms with Crippen molar-refractivity contribution in [2.75, 3.05) is 50.2 Å². The number of rotatable bonds is 18. The number of hydrogen-bond acceptors (Lipinski definition) is 7. The third-order valence-electron chi connectivity index (χ3n) is 8.53. The Balaban J connectivity index is 0.847. The highest BCUT2D eigenvalue weighted by molar-refractivity contribution is 8.00. The number of para-hydroxylation sites is 1. The molecule has 2 aromatic carbocycles. The second-order valence-corrected chi connectivity index (χ2v) is 13.3. The quantitative estimate of drug-likeness (QED) is 0.108. The van der Waals surface area contributed by atoms with Crippen molar-refractivity contribution in [3.8, 4) is 11.8 Å². The molecule has 3 aliphatic rings. The molecule has 48 heavy (non-hydrogen) atoms. The van der Waals surface area contributed by atoms with Crippen molar-refractivity contribution in [2.45, 2.75) is 68.8 Å². The fraction of sp³-hybridized carbons (Fsp3) is 0.500. The molecule has 0 aliphatic carbocycles. The van der Waals surface area contributed by atoms with E-state index in [1.54, 1.807) is 4.90 Å². The number of nitrogens with one attached hydrogen (secondary N) is 4. The van der Waals surface area contributed by atoms with Crippen LogP contribution in [0.5, 0.6) is 0 Å². The second kappa shape index (κ2) is 18.5. The van der Waals surface area contributed by atoms with Gasteiger partial charge in [0.15, 0.2) is 0 Å². The highest BCUT2D eigenvalue weighted by Gasteiger charge is 2.42. The molecule has 0 spiro atoms. The molecule has 4 N–H and O–H groups in total. The zero-order valence-corrected chi connectivity index (χ0v) is 28.1. The molecule has 256 valence electrons. The van der Waals surface area contributed by atoms with Crippen LogP contribution < -0.4 is 26.2 Å². The SMILES string of the molecule is O=C(CCCC[C@H]1SC[C@@H]2NC(=O)N[C@@H]21)NCCOCCCOCCC(=O)NCCC(=O)N1Cc2ccccc2C#Cc2ccccc21. The van der Waals surface area contributed by atoms with Gasteiger partial charge in [0, 0.05) is 67.7 Å². The van der Waals surface area contributed by atoms with E-state index in [1.807, 2.05) is 60.3 Å². The molecule has 0 bridgehead atoms. The molecule has 2 aromatic rings. The molecule has 11 nitrogen and oxygen atoms in total. The summed E-state index contributed by atoms with van der Waals surface area (Å²) < 4.78 is 11.1. The number of unbranched alkanes of at least 4 members (excludes halogenated alkanes) is 1. The fourth-order valence-corrected chi connectivity index (χ4v) is 7.54. The number of anilines is 1. The molecule has 5 amide bonds. The maximum absolute atomic E-state index is 13.3. The summed E-state index contributed by atoms with van der Waals surface area (Å²) in [6, 6.07) is 15.8. The van der Waals surface area contributed by atoms with Gasteiger partial charge in [-0.15, -0.1) is 0 Å². The molecule has 3 heterocycles. The lowest BCUT2D eigenvalue weighted by Crippen LogP contribution is -2.36. The largest absolute Gasteiger partial charge is 0.381 e. The summed E-state index contributed by atoms with van der Waals surface area (Å²) in [7, 11) is 0. The summed E-state index contributed by atoms with van der Waals surface area (Å²) in [6.07, 6.45) is 4.36. The predicted octanol–water partition coefficient (Wildman–Crippen LogP) is 3.09. The van der Waals surface area contributed by atoms with Crippen LogP contribution in [-0.2, 0) is 30.4 Å². The molecule has 2 fully saturated rings. The number of amides is 5. The first-order chi connectivity index (χ1) is 23.5. The van der Waals surface area contributed by atoms with Crippen molar-refractivity contribution in [3.05, 3.63) is 65.2 Å². The smallest absolute Gasteiger partial charge is 0.315 e. The number of carbonyl (C=O) groups excluding carboxylic acids is 4. The van der Waals surface area contributed by atoms with Crippen LogP contribution in [-0.4, -0.2) is 86.4 Å². The first kappa shape index (κ1) is 35.3. The van der Waals surface area contributed by atoms with Gasteiger partial charge in [-0.25, -0.2) is 4.79 Å². The Morgan fingerprint density at radius 3 is 2.42 bits per heavy atom. The summed E-state index contributed by atoms with van der Waals surface area (Å²) in [4.78, 5) is 50.9. The first-order valence-electron chi connectivity index (χ1n) is 16.8. The van der Waals surface area contributed by atoms with Gasteiger partial charge in [-0.1, -0.05) is 48.6 Å². The summed E-state index contributed by atoms with van der Waals surface area (Å²) >= 11 is 1.89. The van der Waals surface area contributed by atoms with Gasteiger partial charge >= 0.3 is 6.03 Å². The summed E-state index contributed by atoms with van der Waals surface area (Å²) in [5, 5.41) is 12.1. The topological polar surface area (TPSA) is 138 Å². The zero-order valence-electron chi connectivity index (χ0n) is 27.3. The van der Waals surface area contributed by atoms with Crippen LogP contribution in [0.4, 0.5) is 10.5 Å². The normalized spacial score (nSPS) is 19.0. The third-order valence-corrected chi connectivity index (χ3v) is 10.0. The molecule has 5 rings (SSSR count). The zero-order chi connectivity index (χ0) is 33.6. The molecule has 0 aromatic heterocycles. The van der Waals surface area contributed by atoms with Gasteiger partial charge in [-0.2, -0.15) is 11.8 Å². The molecule has 2 saturated heterocycles. The van der Waals surface area contributed by atoms with Crippen LogP contribution in [0.3, 0.4) is 0 Å². The summed E-state index contributed by atoms with van der Waals surface area (Å²) in [5.74, 6) is 7.15. The summed E-state index contributed by atoms with van der Waals surface area (Å²) in [6.45, 7) is 2.83. The van der Waals surface area contributed by atoms with E-state index in [-0.39, 0.29) is 61.8 Å². The minimum atomic E-state index is -0.162. The highest BCUT2D eigenvalue weighted by Crippen LogP contribution is 2.33. The van der Waals surface area contributed by atoms with Crippen molar-refractivity contribution < 1.29 is 28.7 Å². The van der Waals surface area contributed by atoms with Crippen LogP contribution in [0.15, 0.2) is 48.5 Å². The number of hydrogen-bond donors (Lipinski definition) is 4. The monoisotopic (exact) mass is 675 g/mol. The predicted molar refractivity (Wildman–Crippen MR) is 186 cm³/mol. The van der Waals surface area contributed by atoms with Crippen LogP contribution in [0.25, 0.3) is 0 Å². The molecule has 3 atom stereocenters. The van der Waals surface area contributed by atoms with Gasteiger partial charge in [0.2, 0.25) is 17.7 Å². The minimum absolute atomic E-state index is 0.0284. The maximum atomic E-state index is 13.3. The number of urea groups is 1. The average Bonchev–Trinajstić information content (AvgIpc) is 3.64. The molecule has 0 radical (unpaired) electrons. The third kappa shape index (κ3) is 10.5. The van der Waals surface area contributed by atoms with E-state index in [0.717, 1.165) is 47.4 Å². The Morgan fingerprint density at radius 2 is 1.54 bits per heavy atom. The molecular weight excluding hydrogens is 630 g/mol. The van der Waals surface area contributed by atoms with Crippen molar-refractivity contribution in [1.29, 1.82) is 0 Å². The highest BCUT2D eigenvalue weighted by atomic mass is 32.2.